The van der Waals surface area contributed by atoms with E-state index in [1.807, 2.05) is 19.2 Å². The van der Waals surface area contributed by atoms with Gasteiger partial charge in [0, 0.05) is 12.7 Å². The highest BCUT2D eigenvalue weighted by atomic mass is 16.3. The molecule has 2 heterocycles. The average Bonchev–Trinajstić information content (AvgIpc) is 2.67. The van der Waals surface area contributed by atoms with E-state index in [4.69, 9.17) is 0 Å². The molecule has 0 aromatic carbocycles. The van der Waals surface area contributed by atoms with Gasteiger partial charge >= 0.3 is 0 Å². The van der Waals surface area contributed by atoms with Crippen LogP contribution in [0, 0.1) is 6.92 Å². The minimum atomic E-state index is 0.232. The molecular weight excluding hydrogens is 176 g/mol. The Bertz CT molecular complexity index is 297. The molecule has 1 aromatic rings. The minimum Gasteiger partial charge on any atom is -0.394 e. The lowest BCUT2D eigenvalue weighted by Crippen LogP contribution is -2.32. The number of aliphatic hydroxyl groups is 1. The lowest BCUT2D eigenvalue weighted by molar-refractivity contribution is 0.266. The number of anilines is 1. The van der Waals surface area contributed by atoms with Crippen LogP contribution in [0.5, 0.6) is 0 Å². The Labute approximate surface area is 84.4 Å². The van der Waals surface area contributed by atoms with Crippen LogP contribution in [0.2, 0.25) is 0 Å². The molecule has 2 rings (SSSR count). The summed E-state index contributed by atoms with van der Waals surface area (Å²) in [5.41, 5.74) is 1.17. The zero-order valence-corrected chi connectivity index (χ0v) is 8.48. The number of hydrogen-bond donors (Lipinski definition) is 1. The maximum atomic E-state index is 9.18. The first-order valence-corrected chi connectivity index (χ1v) is 5.11. The molecule has 1 aliphatic heterocycles. The number of hydrogen-bond acceptors (Lipinski definition) is 3. The summed E-state index contributed by atoms with van der Waals surface area (Å²) in [6.45, 7) is 3.28. The maximum Gasteiger partial charge on any atom is 0.128 e. The third-order valence-electron chi connectivity index (χ3n) is 2.78. The number of aromatic nitrogens is 1. The van der Waals surface area contributed by atoms with Crippen LogP contribution in [-0.2, 0) is 0 Å². The van der Waals surface area contributed by atoms with Crippen LogP contribution in [0.1, 0.15) is 18.4 Å². The Hall–Kier alpha value is -1.09. The Balaban J connectivity index is 2.17. The van der Waals surface area contributed by atoms with Crippen LogP contribution >= 0.6 is 0 Å². The van der Waals surface area contributed by atoms with Gasteiger partial charge in [0.25, 0.3) is 0 Å². The van der Waals surface area contributed by atoms with Crippen LogP contribution in [-0.4, -0.2) is 29.3 Å². The van der Waals surface area contributed by atoms with Crippen molar-refractivity contribution < 1.29 is 5.11 Å². The van der Waals surface area contributed by atoms with Gasteiger partial charge in [0.1, 0.15) is 5.82 Å². The summed E-state index contributed by atoms with van der Waals surface area (Å²) in [4.78, 5) is 6.57. The fourth-order valence-corrected chi connectivity index (χ4v) is 1.96. The van der Waals surface area contributed by atoms with E-state index in [2.05, 4.69) is 16.0 Å². The van der Waals surface area contributed by atoms with Crippen LogP contribution < -0.4 is 4.90 Å². The summed E-state index contributed by atoms with van der Waals surface area (Å²) in [5, 5.41) is 9.18. The van der Waals surface area contributed by atoms with E-state index in [1.54, 1.807) is 0 Å². The zero-order valence-electron chi connectivity index (χ0n) is 8.48. The highest BCUT2D eigenvalue weighted by molar-refractivity contribution is 5.41. The molecule has 1 fully saturated rings. The van der Waals surface area contributed by atoms with E-state index in [0.29, 0.717) is 0 Å². The van der Waals surface area contributed by atoms with E-state index < -0.39 is 0 Å². The van der Waals surface area contributed by atoms with Gasteiger partial charge < -0.3 is 10.0 Å². The molecule has 1 atom stereocenters. The van der Waals surface area contributed by atoms with Crippen molar-refractivity contribution in [2.75, 3.05) is 18.1 Å². The number of aliphatic hydroxyl groups excluding tert-OH is 1. The molecule has 1 aliphatic rings. The van der Waals surface area contributed by atoms with Crippen LogP contribution in [0.25, 0.3) is 0 Å². The molecule has 14 heavy (non-hydrogen) atoms. The molecule has 0 aliphatic carbocycles. The van der Waals surface area contributed by atoms with Crippen molar-refractivity contribution in [1.29, 1.82) is 0 Å². The van der Waals surface area contributed by atoms with Crippen LogP contribution in [0.3, 0.4) is 0 Å². The first kappa shape index (κ1) is 9.46. The average molecular weight is 192 g/mol. The third kappa shape index (κ3) is 1.73. The quantitative estimate of drug-likeness (QED) is 0.768. The van der Waals surface area contributed by atoms with Crippen molar-refractivity contribution >= 4 is 5.82 Å². The van der Waals surface area contributed by atoms with Crippen LogP contribution in [0.15, 0.2) is 18.3 Å². The van der Waals surface area contributed by atoms with E-state index >= 15 is 0 Å². The van der Waals surface area contributed by atoms with Crippen molar-refractivity contribution in [3.63, 3.8) is 0 Å². The summed E-state index contributed by atoms with van der Waals surface area (Å²) in [6.07, 6.45) is 4.11. The summed E-state index contributed by atoms with van der Waals surface area (Å²) >= 11 is 0. The Morgan fingerprint density at radius 2 is 2.43 bits per heavy atom. The van der Waals surface area contributed by atoms with Gasteiger partial charge in [0.05, 0.1) is 12.6 Å². The lowest BCUT2D eigenvalue weighted by Gasteiger charge is -2.23. The summed E-state index contributed by atoms with van der Waals surface area (Å²) in [6, 6.07) is 4.36. The second-order valence-corrected chi connectivity index (χ2v) is 3.87. The summed E-state index contributed by atoms with van der Waals surface area (Å²) < 4.78 is 0. The normalized spacial score (nSPS) is 21.6. The largest absolute Gasteiger partial charge is 0.394 e. The SMILES string of the molecule is Cc1ccc(N2CCCC2CO)nc1. The first-order valence-electron chi connectivity index (χ1n) is 5.11. The van der Waals surface area contributed by atoms with Gasteiger partial charge in [-0.25, -0.2) is 4.98 Å². The zero-order chi connectivity index (χ0) is 9.97. The van der Waals surface area contributed by atoms with Gasteiger partial charge in [0.15, 0.2) is 0 Å². The lowest BCUT2D eigenvalue weighted by atomic mass is 10.2. The van der Waals surface area contributed by atoms with Gasteiger partial charge in [-0.3, -0.25) is 0 Å². The van der Waals surface area contributed by atoms with Gasteiger partial charge in [-0.05, 0) is 31.4 Å². The highest BCUT2D eigenvalue weighted by Gasteiger charge is 2.24. The predicted molar refractivity (Wildman–Crippen MR) is 56.4 cm³/mol. The van der Waals surface area contributed by atoms with E-state index in [1.165, 1.54) is 5.56 Å². The second-order valence-electron chi connectivity index (χ2n) is 3.87. The maximum absolute atomic E-state index is 9.18. The Morgan fingerprint density at radius 1 is 1.57 bits per heavy atom. The summed E-state index contributed by atoms with van der Waals surface area (Å²) in [7, 11) is 0. The monoisotopic (exact) mass is 192 g/mol. The smallest absolute Gasteiger partial charge is 0.128 e. The number of nitrogens with zero attached hydrogens (tertiary/aromatic N) is 2. The molecule has 1 aromatic heterocycles. The van der Waals surface area contributed by atoms with E-state index in [0.717, 1.165) is 25.2 Å². The molecule has 1 N–H and O–H groups in total. The molecule has 1 unspecified atom stereocenters. The minimum absolute atomic E-state index is 0.232. The Kier molecular flexibility index (Phi) is 2.68. The second kappa shape index (κ2) is 3.96. The molecule has 0 saturated carbocycles. The van der Waals surface area contributed by atoms with Gasteiger partial charge in [-0.2, -0.15) is 0 Å². The number of aryl methyl sites for hydroxylation is 1. The Morgan fingerprint density at radius 3 is 3.07 bits per heavy atom. The number of rotatable bonds is 2. The number of pyridine rings is 1. The first-order chi connectivity index (χ1) is 6.81. The summed E-state index contributed by atoms with van der Waals surface area (Å²) in [5.74, 6) is 0.993. The fraction of sp³-hybridized carbons (Fsp3) is 0.545. The third-order valence-corrected chi connectivity index (χ3v) is 2.78. The van der Waals surface area contributed by atoms with Crippen molar-refractivity contribution in [3.8, 4) is 0 Å². The molecular formula is C11H16N2O. The van der Waals surface area contributed by atoms with Gasteiger partial charge in [-0.15, -0.1) is 0 Å². The van der Waals surface area contributed by atoms with Crippen molar-refractivity contribution in [2.24, 2.45) is 0 Å². The standard InChI is InChI=1S/C11H16N2O/c1-9-4-5-11(12-7-9)13-6-2-3-10(13)8-14/h4-5,7,10,14H,2-3,6,8H2,1H3. The molecule has 76 valence electrons. The highest BCUT2D eigenvalue weighted by Crippen LogP contribution is 2.23. The molecule has 1 saturated heterocycles. The van der Waals surface area contributed by atoms with Crippen LogP contribution in [0.4, 0.5) is 5.82 Å². The van der Waals surface area contributed by atoms with E-state index in [9.17, 15) is 5.11 Å². The fourth-order valence-electron chi connectivity index (χ4n) is 1.96. The van der Waals surface area contributed by atoms with E-state index in [-0.39, 0.29) is 12.6 Å². The van der Waals surface area contributed by atoms with Crippen molar-refractivity contribution in [3.05, 3.63) is 23.9 Å². The van der Waals surface area contributed by atoms with Crippen molar-refractivity contribution in [1.82, 2.24) is 4.98 Å². The van der Waals surface area contributed by atoms with Gasteiger partial charge in [0.2, 0.25) is 0 Å². The van der Waals surface area contributed by atoms with Crippen molar-refractivity contribution in [2.45, 2.75) is 25.8 Å². The topological polar surface area (TPSA) is 36.4 Å². The molecule has 0 bridgehead atoms. The molecule has 3 nitrogen and oxygen atoms in total. The predicted octanol–water partition coefficient (Wildman–Crippen LogP) is 1.35. The van der Waals surface area contributed by atoms with Gasteiger partial charge in [-0.1, -0.05) is 6.07 Å². The molecule has 0 spiro atoms. The molecule has 0 radical (unpaired) electrons. The molecule has 0 amide bonds. The molecule has 3 heteroatoms.